The number of nitrogens with zero attached hydrogens (tertiary/aromatic N) is 6. The van der Waals surface area contributed by atoms with Crippen molar-refractivity contribution in [3.8, 4) is 17.3 Å². The van der Waals surface area contributed by atoms with Crippen molar-refractivity contribution < 1.29 is 23.7 Å². The first-order chi connectivity index (χ1) is 14.9. The van der Waals surface area contributed by atoms with Crippen molar-refractivity contribution in [3.05, 3.63) is 35.2 Å². The highest BCUT2D eigenvalue weighted by Crippen LogP contribution is 2.27. The van der Waals surface area contributed by atoms with Crippen LogP contribution in [-0.4, -0.2) is 57.1 Å². The molecule has 0 saturated carbocycles. The van der Waals surface area contributed by atoms with E-state index in [0.717, 1.165) is 0 Å². The molecule has 0 radical (unpaired) electrons. The number of hydrogen-bond acceptors (Lipinski definition) is 11. The first-order valence-electron chi connectivity index (χ1n) is 8.90. The van der Waals surface area contributed by atoms with Crippen LogP contribution in [0, 0.1) is 0 Å². The van der Waals surface area contributed by atoms with Crippen LogP contribution < -0.4 is 26.4 Å². The average Bonchev–Trinajstić information content (AvgIpc) is 3.37. The minimum Gasteiger partial charge on any atom is -0.493 e. The van der Waals surface area contributed by atoms with E-state index in [9.17, 15) is 9.59 Å². The summed E-state index contributed by atoms with van der Waals surface area (Å²) < 4.78 is 16.3. The van der Waals surface area contributed by atoms with Gasteiger partial charge in [0.15, 0.2) is 23.8 Å². The fraction of sp³-hybridized carbons (Fsp3) is 0.235. The number of primary amides is 1. The van der Waals surface area contributed by atoms with Crippen molar-refractivity contribution in [2.45, 2.75) is 13.3 Å². The molecule has 31 heavy (non-hydrogen) atoms. The van der Waals surface area contributed by atoms with E-state index >= 15 is 0 Å². The van der Waals surface area contributed by atoms with Crippen molar-refractivity contribution in [1.29, 1.82) is 0 Å². The van der Waals surface area contributed by atoms with Gasteiger partial charge in [-0.1, -0.05) is 12.1 Å². The Kier molecular flexibility index (Phi) is 6.39. The van der Waals surface area contributed by atoms with Crippen LogP contribution in [0.4, 0.5) is 5.82 Å². The van der Waals surface area contributed by atoms with Crippen LogP contribution in [0.3, 0.4) is 0 Å². The number of aromatic nitrogens is 5. The third kappa shape index (κ3) is 4.75. The number of hydrogen-bond donors (Lipinski definition) is 3. The summed E-state index contributed by atoms with van der Waals surface area (Å²) in [5.74, 6) is -0.330. The summed E-state index contributed by atoms with van der Waals surface area (Å²) in [4.78, 5) is 23.3. The zero-order valence-corrected chi connectivity index (χ0v) is 16.6. The molecule has 0 unspecified atom stereocenters. The maximum Gasteiger partial charge on any atom is 0.293 e. The summed E-state index contributed by atoms with van der Waals surface area (Å²) in [7, 11) is 1.45. The SMILES string of the molecule is CCc1c(C(=O)NN=Cc2ccc(OCC(N)=O)c(OC)c2)nnn1-c1nonc1N. The van der Waals surface area contributed by atoms with Gasteiger partial charge in [-0.25, -0.2) is 10.1 Å². The molecule has 0 atom stereocenters. The van der Waals surface area contributed by atoms with Crippen LogP contribution in [0.25, 0.3) is 5.82 Å². The molecule has 0 saturated heterocycles. The number of hydrazone groups is 1. The van der Waals surface area contributed by atoms with Crippen LogP contribution in [0.2, 0.25) is 0 Å². The van der Waals surface area contributed by atoms with Gasteiger partial charge in [0.05, 0.1) is 19.0 Å². The van der Waals surface area contributed by atoms with E-state index < -0.39 is 11.8 Å². The minimum absolute atomic E-state index is 0.0155. The monoisotopic (exact) mass is 429 g/mol. The summed E-state index contributed by atoms with van der Waals surface area (Å²) >= 11 is 0. The number of nitrogens with one attached hydrogen (secondary N) is 1. The van der Waals surface area contributed by atoms with E-state index in [0.29, 0.717) is 29.2 Å². The molecule has 14 heteroatoms. The highest BCUT2D eigenvalue weighted by molar-refractivity contribution is 5.94. The Balaban J connectivity index is 1.72. The van der Waals surface area contributed by atoms with Crippen molar-refractivity contribution in [2.75, 3.05) is 19.5 Å². The Bertz CT molecular complexity index is 1120. The molecule has 1 aromatic carbocycles. The molecule has 0 aliphatic rings. The van der Waals surface area contributed by atoms with Gasteiger partial charge >= 0.3 is 0 Å². The molecule has 2 heterocycles. The number of rotatable bonds is 9. The third-order valence-corrected chi connectivity index (χ3v) is 3.95. The van der Waals surface area contributed by atoms with Crippen molar-refractivity contribution in [1.82, 2.24) is 30.7 Å². The summed E-state index contributed by atoms with van der Waals surface area (Å²) in [6.45, 7) is 1.53. The van der Waals surface area contributed by atoms with Gasteiger partial charge in [0.2, 0.25) is 11.6 Å². The van der Waals surface area contributed by atoms with Gasteiger partial charge in [0.25, 0.3) is 11.8 Å². The number of carbonyl (C=O) groups is 2. The van der Waals surface area contributed by atoms with Crippen molar-refractivity contribution in [2.24, 2.45) is 10.8 Å². The lowest BCUT2D eigenvalue weighted by molar-refractivity contribution is -0.119. The molecule has 5 N–H and O–H groups in total. The number of anilines is 1. The number of nitrogens with two attached hydrogens (primary N) is 2. The fourth-order valence-electron chi connectivity index (χ4n) is 2.55. The van der Waals surface area contributed by atoms with Crippen LogP contribution >= 0.6 is 0 Å². The molecule has 0 fully saturated rings. The van der Waals surface area contributed by atoms with E-state index in [1.165, 1.54) is 18.0 Å². The summed E-state index contributed by atoms with van der Waals surface area (Å²) in [6.07, 6.45) is 1.81. The molecule has 2 aromatic heterocycles. The predicted octanol–water partition coefficient (Wildman–Crippen LogP) is -0.568. The number of ether oxygens (including phenoxy) is 2. The molecule has 0 spiro atoms. The first kappa shape index (κ1) is 21.2. The van der Waals surface area contributed by atoms with Crippen LogP contribution in [0.5, 0.6) is 11.5 Å². The van der Waals surface area contributed by atoms with Gasteiger partial charge in [-0.15, -0.1) is 5.10 Å². The van der Waals surface area contributed by atoms with E-state index in [1.807, 2.05) is 6.92 Å². The molecule has 0 bridgehead atoms. The Morgan fingerprint density at radius 2 is 2.13 bits per heavy atom. The maximum atomic E-state index is 12.5. The standard InChI is InChI=1S/C17H19N9O5/c1-3-10-14(21-25-26(10)16-15(19)23-31-24-16)17(28)22-20-7-9-4-5-11(12(6-9)29-2)30-8-13(18)27/h4-7H,3,8H2,1-2H3,(H2,18,27)(H2,19,23)(H,22,28). The van der Waals surface area contributed by atoms with Crippen LogP contribution in [0.15, 0.2) is 27.9 Å². The average molecular weight is 429 g/mol. The fourth-order valence-corrected chi connectivity index (χ4v) is 2.55. The summed E-state index contributed by atoms with van der Waals surface area (Å²) in [6, 6.07) is 4.85. The lowest BCUT2D eigenvalue weighted by Gasteiger charge is -2.09. The maximum absolute atomic E-state index is 12.5. The summed E-state index contributed by atoms with van der Waals surface area (Å²) in [5, 5.41) is 18.8. The Morgan fingerprint density at radius 1 is 1.32 bits per heavy atom. The van der Waals surface area contributed by atoms with Gasteiger partial charge in [-0.3, -0.25) is 9.59 Å². The molecule has 3 aromatic rings. The predicted molar refractivity (Wildman–Crippen MR) is 106 cm³/mol. The highest BCUT2D eigenvalue weighted by atomic mass is 16.6. The molecule has 162 valence electrons. The number of benzene rings is 1. The number of methoxy groups -OCH3 is 1. The number of nitrogen functional groups attached to an aromatic ring is 1. The van der Waals surface area contributed by atoms with Gasteiger partial charge in [-0.2, -0.15) is 9.78 Å². The van der Waals surface area contributed by atoms with Gasteiger partial charge in [0.1, 0.15) is 0 Å². The third-order valence-electron chi connectivity index (χ3n) is 3.95. The normalized spacial score (nSPS) is 10.9. The second-order valence-corrected chi connectivity index (χ2v) is 5.99. The van der Waals surface area contributed by atoms with Gasteiger partial charge in [0, 0.05) is 0 Å². The van der Waals surface area contributed by atoms with Gasteiger partial charge in [-0.05, 0) is 40.5 Å². The number of amides is 2. The molecular weight excluding hydrogens is 410 g/mol. The van der Waals surface area contributed by atoms with E-state index in [1.54, 1.807) is 18.2 Å². The van der Waals surface area contributed by atoms with Gasteiger partial charge < -0.3 is 20.9 Å². The van der Waals surface area contributed by atoms with Crippen molar-refractivity contribution in [3.63, 3.8) is 0 Å². The van der Waals surface area contributed by atoms with E-state index in [4.69, 9.17) is 20.9 Å². The Morgan fingerprint density at radius 3 is 2.77 bits per heavy atom. The molecule has 0 aliphatic heterocycles. The van der Waals surface area contributed by atoms with Crippen molar-refractivity contribution >= 4 is 23.8 Å². The molecule has 14 nitrogen and oxygen atoms in total. The molecule has 0 aliphatic carbocycles. The molecule has 3 rings (SSSR count). The smallest absolute Gasteiger partial charge is 0.293 e. The second-order valence-electron chi connectivity index (χ2n) is 5.99. The molecular formula is C17H19N9O5. The number of carbonyl (C=O) groups excluding carboxylic acids is 2. The Hall–Kier alpha value is -4.49. The quantitative estimate of drug-likeness (QED) is 0.292. The largest absolute Gasteiger partial charge is 0.493 e. The second kappa shape index (κ2) is 9.34. The zero-order chi connectivity index (χ0) is 22.4. The van der Waals surface area contributed by atoms with Crippen LogP contribution in [0.1, 0.15) is 28.7 Å². The first-order valence-corrected chi connectivity index (χ1v) is 8.90. The molecule has 2 amide bonds. The Labute approximate surface area is 175 Å². The highest BCUT2D eigenvalue weighted by Gasteiger charge is 2.22. The lowest BCUT2D eigenvalue weighted by Crippen LogP contribution is -2.20. The zero-order valence-electron chi connectivity index (χ0n) is 16.6. The summed E-state index contributed by atoms with van der Waals surface area (Å²) in [5.41, 5.74) is 14.2. The van der Waals surface area contributed by atoms with E-state index in [-0.39, 0.29) is 23.9 Å². The lowest BCUT2D eigenvalue weighted by atomic mass is 10.2. The minimum atomic E-state index is -0.610. The van der Waals surface area contributed by atoms with E-state index in [2.05, 4.69) is 35.8 Å². The van der Waals surface area contributed by atoms with Crippen LogP contribution in [-0.2, 0) is 11.2 Å². The topological polar surface area (TPSA) is 199 Å².